The summed E-state index contributed by atoms with van der Waals surface area (Å²) in [4.78, 5) is 13.9. The number of aromatic nitrogens is 2. The molecule has 0 aliphatic carbocycles. The lowest BCUT2D eigenvalue weighted by Gasteiger charge is -2.07. The fourth-order valence-electron chi connectivity index (χ4n) is 2.83. The zero-order valence-electron chi connectivity index (χ0n) is 15.1. The molecule has 1 aromatic carbocycles. The Hall–Kier alpha value is -2.05. The van der Waals surface area contributed by atoms with Crippen LogP contribution in [0.1, 0.15) is 32.2 Å². The quantitative estimate of drug-likeness (QED) is 0.589. The van der Waals surface area contributed by atoms with Crippen LogP contribution in [-0.2, 0) is 12.3 Å². The number of amides is 1. The third kappa shape index (κ3) is 4.77. The molecule has 0 fully saturated rings. The molecule has 0 spiro atoms. The van der Waals surface area contributed by atoms with E-state index in [1.54, 1.807) is 11.3 Å². The van der Waals surface area contributed by atoms with E-state index in [9.17, 15) is 4.79 Å². The van der Waals surface area contributed by atoms with Crippen molar-refractivity contribution in [3.05, 3.63) is 75.2 Å². The molecule has 2 heterocycles. The zero-order valence-corrected chi connectivity index (χ0v) is 16.7. The third-order valence-corrected chi connectivity index (χ3v) is 6.21. The lowest BCUT2D eigenvalue weighted by molar-refractivity contribution is 0.0955. The first-order valence-corrected chi connectivity index (χ1v) is 10.6. The van der Waals surface area contributed by atoms with E-state index in [0.29, 0.717) is 18.7 Å². The maximum absolute atomic E-state index is 12.6. The van der Waals surface area contributed by atoms with E-state index in [1.165, 1.54) is 10.4 Å². The number of aryl methyl sites for hydroxylation is 1. The number of thioether (sulfide) groups is 1. The van der Waals surface area contributed by atoms with Crippen molar-refractivity contribution < 1.29 is 4.79 Å². The van der Waals surface area contributed by atoms with Gasteiger partial charge in [0.15, 0.2) is 0 Å². The summed E-state index contributed by atoms with van der Waals surface area (Å²) < 4.78 is 1.91. The molecule has 0 bridgehead atoms. The number of hydrogen-bond donors (Lipinski definition) is 1. The van der Waals surface area contributed by atoms with Gasteiger partial charge in [-0.25, -0.2) is 0 Å². The molecule has 0 aliphatic rings. The fourth-order valence-corrected chi connectivity index (χ4v) is 4.53. The van der Waals surface area contributed by atoms with Crippen molar-refractivity contribution in [3.63, 3.8) is 0 Å². The lowest BCUT2D eigenvalue weighted by atomic mass is 10.2. The molecule has 0 unspecified atom stereocenters. The van der Waals surface area contributed by atoms with Gasteiger partial charge in [-0.2, -0.15) is 16.9 Å². The number of nitrogens with zero attached hydrogens (tertiary/aromatic N) is 2. The van der Waals surface area contributed by atoms with Crippen LogP contribution in [-0.4, -0.2) is 28.0 Å². The van der Waals surface area contributed by atoms with Gasteiger partial charge in [-0.15, -0.1) is 11.3 Å². The molecule has 2 aromatic heterocycles. The average molecular weight is 386 g/mol. The van der Waals surface area contributed by atoms with Gasteiger partial charge in [-0.3, -0.25) is 9.48 Å². The Labute approximate surface area is 162 Å². The number of nitrogens with one attached hydrogen (secondary N) is 1. The molecule has 136 valence electrons. The van der Waals surface area contributed by atoms with Crippen LogP contribution in [0.25, 0.3) is 0 Å². The summed E-state index contributed by atoms with van der Waals surface area (Å²) >= 11 is 3.61. The van der Waals surface area contributed by atoms with E-state index in [1.807, 2.05) is 48.5 Å². The SMILES string of the molecule is Cc1nn(Cc2ccccc2)c(C)c1C(=O)NCCSCc1cccs1. The van der Waals surface area contributed by atoms with E-state index < -0.39 is 0 Å². The highest BCUT2D eigenvalue weighted by molar-refractivity contribution is 7.98. The molecule has 1 N–H and O–H groups in total. The van der Waals surface area contributed by atoms with Gasteiger partial charge in [0.25, 0.3) is 5.91 Å². The first-order chi connectivity index (χ1) is 12.6. The topological polar surface area (TPSA) is 46.9 Å². The van der Waals surface area contributed by atoms with Crippen molar-refractivity contribution in [1.82, 2.24) is 15.1 Å². The van der Waals surface area contributed by atoms with Crippen LogP contribution in [0.3, 0.4) is 0 Å². The Bertz CT molecular complexity index is 842. The van der Waals surface area contributed by atoms with Crippen LogP contribution in [0.15, 0.2) is 47.8 Å². The van der Waals surface area contributed by atoms with Crippen molar-refractivity contribution >= 4 is 29.0 Å². The minimum absolute atomic E-state index is 0.0314. The van der Waals surface area contributed by atoms with Crippen LogP contribution in [0.4, 0.5) is 0 Å². The zero-order chi connectivity index (χ0) is 18.4. The highest BCUT2D eigenvalue weighted by Crippen LogP contribution is 2.17. The summed E-state index contributed by atoms with van der Waals surface area (Å²) in [6.45, 7) is 5.20. The molecule has 1 amide bonds. The Balaban J connectivity index is 1.53. The summed E-state index contributed by atoms with van der Waals surface area (Å²) in [5.41, 5.74) is 3.57. The van der Waals surface area contributed by atoms with Crippen molar-refractivity contribution in [3.8, 4) is 0 Å². The van der Waals surface area contributed by atoms with Gasteiger partial charge in [0, 0.05) is 28.6 Å². The van der Waals surface area contributed by atoms with Crippen molar-refractivity contribution in [2.45, 2.75) is 26.1 Å². The number of thiophene rings is 1. The minimum atomic E-state index is -0.0314. The Kier molecular flexibility index (Phi) is 6.52. The molecule has 0 saturated heterocycles. The second kappa shape index (κ2) is 9.05. The summed E-state index contributed by atoms with van der Waals surface area (Å²) in [6, 6.07) is 14.4. The first kappa shape index (κ1) is 18.7. The number of carbonyl (C=O) groups is 1. The highest BCUT2D eigenvalue weighted by atomic mass is 32.2. The maximum atomic E-state index is 12.6. The Morgan fingerprint density at radius 2 is 2.00 bits per heavy atom. The van der Waals surface area contributed by atoms with Crippen LogP contribution in [0.5, 0.6) is 0 Å². The molecular formula is C20H23N3OS2. The van der Waals surface area contributed by atoms with Crippen LogP contribution < -0.4 is 5.32 Å². The van der Waals surface area contributed by atoms with E-state index in [-0.39, 0.29) is 5.91 Å². The van der Waals surface area contributed by atoms with Crippen LogP contribution in [0, 0.1) is 13.8 Å². The van der Waals surface area contributed by atoms with Gasteiger partial charge in [0.2, 0.25) is 0 Å². The van der Waals surface area contributed by atoms with Crippen molar-refractivity contribution in [2.24, 2.45) is 0 Å². The first-order valence-electron chi connectivity index (χ1n) is 8.61. The molecule has 3 aromatic rings. The molecule has 26 heavy (non-hydrogen) atoms. The number of hydrogen-bond acceptors (Lipinski definition) is 4. The second-order valence-corrected chi connectivity index (χ2v) is 8.21. The van der Waals surface area contributed by atoms with Crippen molar-refractivity contribution in [1.29, 1.82) is 0 Å². The number of rotatable bonds is 8. The smallest absolute Gasteiger partial charge is 0.255 e. The Morgan fingerprint density at radius 3 is 2.73 bits per heavy atom. The molecule has 3 rings (SSSR count). The highest BCUT2D eigenvalue weighted by Gasteiger charge is 2.18. The number of benzene rings is 1. The molecular weight excluding hydrogens is 362 g/mol. The van der Waals surface area contributed by atoms with Gasteiger partial charge in [-0.05, 0) is 30.9 Å². The minimum Gasteiger partial charge on any atom is -0.351 e. The van der Waals surface area contributed by atoms with Crippen LogP contribution in [0.2, 0.25) is 0 Å². The average Bonchev–Trinajstić information content (AvgIpc) is 3.24. The second-order valence-electron chi connectivity index (χ2n) is 6.08. The normalized spacial score (nSPS) is 10.8. The van der Waals surface area contributed by atoms with Gasteiger partial charge in [-0.1, -0.05) is 36.4 Å². The predicted octanol–water partition coefficient (Wildman–Crippen LogP) is 4.27. The molecule has 6 heteroatoms. The maximum Gasteiger partial charge on any atom is 0.255 e. The third-order valence-electron chi connectivity index (χ3n) is 4.14. The fraction of sp³-hybridized carbons (Fsp3) is 0.300. The summed E-state index contributed by atoms with van der Waals surface area (Å²) in [7, 11) is 0. The summed E-state index contributed by atoms with van der Waals surface area (Å²) in [5, 5.41) is 9.68. The van der Waals surface area contributed by atoms with Crippen molar-refractivity contribution in [2.75, 3.05) is 12.3 Å². The molecule has 0 aliphatic heterocycles. The Morgan fingerprint density at radius 1 is 1.19 bits per heavy atom. The molecule has 0 radical (unpaired) electrons. The summed E-state index contributed by atoms with van der Waals surface area (Å²) in [6.07, 6.45) is 0. The molecule has 0 saturated carbocycles. The van der Waals surface area contributed by atoms with Gasteiger partial charge in [0.05, 0.1) is 17.8 Å². The van der Waals surface area contributed by atoms with E-state index in [2.05, 4.69) is 40.1 Å². The monoisotopic (exact) mass is 385 g/mol. The van der Waals surface area contributed by atoms with Gasteiger partial charge in [0.1, 0.15) is 0 Å². The molecule has 0 atom stereocenters. The van der Waals surface area contributed by atoms with E-state index in [0.717, 1.165) is 22.9 Å². The van der Waals surface area contributed by atoms with Gasteiger partial charge >= 0.3 is 0 Å². The summed E-state index contributed by atoms with van der Waals surface area (Å²) in [5.74, 6) is 1.87. The number of carbonyl (C=O) groups excluding carboxylic acids is 1. The van der Waals surface area contributed by atoms with E-state index >= 15 is 0 Å². The van der Waals surface area contributed by atoms with E-state index in [4.69, 9.17) is 0 Å². The molecule has 4 nitrogen and oxygen atoms in total. The van der Waals surface area contributed by atoms with Gasteiger partial charge < -0.3 is 5.32 Å². The van der Waals surface area contributed by atoms with Crippen LogP contribution >= 0.6 is 23.1 Å². The predicted molar refractivity (Wildman–Crippen MR) is 110 cm³/mol. The lowest BCUT2D eigenvalue weighted by Crippen LogP contribution is -2.26. The largest absolute Gasteiger partial charge is 0.351 e. The standard InChI is InChI=1S/C20H23N3OS2/c1-15-19(16(2)23(22-15)13-17-7-4-3-5-8-17)20(24)21-10-12-25-14-18-9-6-11-26-18/h3-9,11H,10,12-14H2,1-2H3,(H,21,24).